The molecule has 2 aromatic rings. The minimum absolute atomic E-state index is 0. The van der Waals surface area contributed by atoms with Crippen molar-refractivity contribution in [2.24, 2.45) is 0 Å². The smallest absolute Gasteiger partial charge is 0.496 e. The second kappa shape index (κ2) is 9.51. The van der Waals surface area contributed by atoms with E-state index >= 15 is 0 Å². The van der Waals surface area contributed by atoms with Gasteiger partial charge in [-0.1, -0.05) is 30.3 Å². The van der Waals surface area contributed by atoms with Gasteiger partial charge in [-0.05, 0) is 54.8 Å². The summed E-state index contributed by atoms with van der Waals surface area (Å²) >= 11 is 0. The number of hydrogen-bond donors (Lipinski definition) is 0. The quantitative estimate of drug-likeness (QED) is 0.598. The lowest BCUT2D eigenvalue weighted by molar-refractivity contribution is -0.274. The molecule has 4 nitrogen and oxygen atoms in total. The van der Waals surface area contributed by atoms with Crippen LogP contribution >= 0.6 is 12.4 Å². The summed E-state index contributed by atoms with van der Waals surface area (Å²) in [6, 6.07) is 14.4. The fraction of sp³-hybridized carbons (Fsp3) is 0.391. The molecule has 168 valence electrons. The molecule has 1 fully saturated rings. The largest absolute Gasteiger partial charge is 0.573 e. The van der Waals surface area contributed by atoms with Gasteiger partial charge in [-0.15, -0.1) is 25.6 Å². The Hall–Kier alpha value is -2.22. The van der Waals surface area contributed by atoms with Crippen molar-refractivity contribution in [2.45, 2.75) is 31.3 Å². The molecule has 2 aromatic carbocycles. The van der Waals surface area contributed by atoms with Crippen LogP contribution in [-0.2, 0) is 11.3 Å². The van der Waals surface area contributed by atoms with E-state index in [1.807, 2.05) is 18.2 Å². The second-order valence-corrected chi connectivity index (χ2v) is 7.73. The van der Waals surface area contributed by atoms with Gasteiger partial charge in [-0.25, -0.2) is 0 Å². The normalized spacial score (nSPS) is 21.5. The van der Waals surface area contributed by atoms with Crippen LogP contribution in [0.1, 0.15) is 24.0 Å². The van der Waals surface area contributed by atoms with E-state index in [0.717, 1.165) is 38.0 Å². The third-order valence-corrected chi connectivity index (χ3v) is 5.52. The van der Waals surface area contributed by atoms with E-state index in [1.165, 1.54) is 30.9 Å². The van der Waals surface area contributed by atoms with Gasteiger partial charge in [0.1, 0.15) is 17.1 Å². The number of piperidine rings is 1. The zero-order valence-electron chi connectivity index (χ0n) is 17.2. The summed E-state index contributed by atoms with van der Waals surface area (Å²) in [6.07, 6.45) is -0.817. The van der Waals surface area contributed by atoms with Crippen LogP contribution in [0.15, 0.2) is 54.6 Å². The van der Waals surface area contributed by atoms with Crippen LogP contribution in [0, 0.1) is 0 Å². The highest BCUT2D eigenvalue weighted by molar-refractivity contribution is 5.85. The molecule has 0 bridgehead atoms. The van der Waals surface area contributed by atoms with Crippen LogP contribution in [0.25, 0.3) is 5.57 Å². The number of rotatable bonds is 5. The standard InChI is InChI=1S/C23H24F3NO3.ClH/c1-28-21-9-8-19(30-23(24,25)26)12-20(21)18-13-22(29-15-18)10-5-11-27(16-22)14-17-6-3-2-4-7-17;/h2-4,6-9,12-13H,5,10-11,14-16H2,1H3;1H. The zero-order valence-corrected chi connectivity index (χ0v) is 18.0. The van der Waals surface area contributed by atoms with Crippen LogP contribution in [0.3, 0.4) is 0 Å². The first-order chi connectivity index (χ1) is 14.4. The second-order valence-electron chi connectivity index (χ2n) is 7.73. The van der Waals surface area contributed by atoms with Crippen molar-refractivity contribution in [2.75, 3.05) is 26.8 Å². The maximum absolute atomic E-state index is 12.6. The first-order valence-electron chi connectivity index (χ1n) is 9.92. The number of alkyl halides is 3. The van der Waals surface area contributed by atoms with Gasteiger partial charge in [0.15, 0.2) is 0 Å². The Bertz CT molecular complexity index is 920. The lowest BCUT2D eigenvalue weighted by Gasteiger charge is -2.38. The SMILES string of the molecule is COc1ccc(OC(F)(F)F)cc1C1=CC2(CCCN(Cc3ccccc3)C2)OC1.Cl. The van der Waals surface area contributed by atoms with Crippen molar-refractivity contribution in [3.63, 3.8) is 0 Å². The molecule has 0 aliphatic carbocycles. The van der Waals surface area contributed by atoms with Gasteiger partial charge < -0.3 is 14.2 Å². The molecule has 1 spiro atoms. The summed E-state index contributed by atoms with van der Waals surface area (Å²) in [6.45, 7) is 2.90. The van der Waals surface area contributed by atoms with Gasteiger partial charge in [0.25, 0.3) is 0 Å². The number of ether oxygens (including phenoxy) is 3. The number of benzene rings is 2. The molecule has 2 aliphatic heterocycles. The molecule has 0 saturated carbocycles. The summed E-state index contributed by atoms with van der Waals surface area (Å²) in [5.41, 5.74) is 2.20. The number of likely N-dealkylation sites (tertiary alicyclic amines) is 1. The molecule has 2 heterocycles. The number of methoxy groups -OCH3 is 1. The summed E-state index contributed by atoms with van der Waals surface area (Å²) in [4.78, 5) is 2.36. The van der Waals surface area contributed by atoms with E-state index < -0.39 is 12.0 Å². The van der Waals surface area contributed by atoms with Crippen molar-refractivity contribution in [3.05, 3.63) is 65.7 Å². The Morgan fingerprint density at radius 2 is 1.90 bits per heavy atom. The van der Waals surface area contributed by atoms with Gasteiger partial charge in [0.05, 0.1) is 13.7 Å². The monoisotopic (exact) mass is 455 g/mol. The highest BCUT2D eigenvalue weighted by Crippen LogP contribution is 2.40. The minimum Gasteiger partial charge on any atom is -0.496 e. The average Bonchev–Trinajstić information content (AvgIpc) is 3.10. The molecular formula is C23H25ClF3NO3. The highest BCUT2D eigenvalue weighted by atomic mass is 35.5. The third kappa shape index (κ3) is 5.73. The molecule has 4 rings (SSSR count). The average molecular weight is 456 g/mol. The lowest BCUT2D eigenvalue weighted by Crippen LogP contribution is -2.46. The summed E-state index contributed by atoms with van der Waals surface area (Å²) in [7, 11) is 1.50. The molecule has 2 aliphatic rings. The fourth-order valence-electron chi connectivity index (χ4n) is 4.26. The molecule has 8 heteroatoms. The van der Waals surface area contributed by atoms with Gasteiger partial charge in [-0.2, -0.15) is 0 Å². The van der Waals surface area contributed by atoms with Gasteiger partial charge in [-0.3, -0.25) is 4.90 Å². The molecular weight excluding hydrogens is 431 g/mol. The predicted octanol–water partition coefficient (Wildman–Crippen LogP) is 5.46. The summed E-state index contributed by atoms with van der Waals surface area (Å²) in [5, 5.41) is 0. The Morgan fingerprint density at radius 1 is 1.13 bits per heavy atom. The predicted molar refractivity (Wildman–Crippen MR) is 115 cm³/mol. The van der Waals surface area contributed by atoms with Crippen LogP contribution < -0.4 is 9.47 Å². The highest BCUT2D eigenvalue weighted by Gasteiger charge is 2.39. The van der Waals surface area contributed by atoms with Crippen LogP contribution in [0.4, 0.5) is 13.2 Å². The summed E-state index contributed by atoms with van der Waals surface area (Å²) in [5.74, 6) is 0.225. The van der Waals surface area contributed by atoms with Crippen molar-refractivity contribution in [3.8, 4) is 11.5 Å². The van der Waals surface area contributed by atoms with Crippen LogP contribution in [0.5, 0.6) is 11.5 Å². The number of hydrogen-bond acceptors (Lipinski definition) is 4. The molecule has 1 saturated heterocycles. The van der Waals surface area contributed by atoms with Crippen molar-refractivity contribution < 1.29 is 27.4 Å². The topological polar surface area (TPSA) is 30.9 Å². The minimum atomic E-state index is -4.74. The van der Waals surface area contributed by atoms with E-state index in [4.69, 9.17) is 9.47 Å². The molecule has 0 amide bonds. The molecule has 0 N–H and O–H groups in total. The Morgan fingerprint density at radius 3 is 2.61 bits per heavy atom. The zero-order chi connectivity index (χ0) is 21.2. The molecule has 31 heavy (non-hydrogen) atoms. The van der Waals surface area contributed by atoms with E-state index in [2.05, 4.69) is 27.8 Å². The Labute approximate surface area is 186 Å². The van der Waals surface area contributed by atoms with Gasteiger partial charge in [0, 0.05) is 18.7 Å². The lowest BCUT2D eigenvalue weighted by atomic mass is 9.90. The third-order valence-electron chi connectivity index (χ3n) is 5.52. The van der Waals surface area contributed by atoms with E-state index in [-0.39, 0.29) is 18.2 Å². The van der Waals surface area contributed by atoms with E-state index in [1.54, 1.807) is 0 Å². The Balaban J connectivity index is 0.00000272. The van der Waals surface area contributed by atoms with Gasteiger partial charge in [0.2, 0.25) is 0 Å². The van der Waals surface area contributed by atoms with Crippen LogP contribution in [-0.4, -0.2) is 43.7 Å². The maximum Gasteiger partial charge on any atom is 0.573 e. The number of halogens is 4. The molecule has 1 unspecified atom stereocenters. The summed E-state index contributed by atoms with van der Waals surface area (Å²) < 4.78 is 53.6. The Kier molecular flexibility index (Phi) is 7.19. The van der Waals surface area contributed by atoms with E-state index in [0.29, 0.717) is 17.9 Å². The fourth-order valence-corrected chi connectivity index (χ4v) is 4.26. The number of nitrogens with zero attached hydrogens (tertiary/aromatic N) is 1. The van der Waals surface area contributed by atoms with Crippen molar-refractivity contribution in [1.29, 1.82) is 0 Å². The molecule has 0 aromatic heterocycles. The van der Waals surface area contributed by atoms with Crippen molar-refractivity contribution >= 4 is 18.0 Å². The first-order valence-corrected chi connectivity index (χ1v) is 9.92. The van der Waals surface area contributed by atoms with Crippen molar-refractivity contribution in [1.82, 2.24) is 4.90 Å². The van der Waals surface area contributed by atoms with Crippen LogP contribution in [0.2, 0.25) is 0 Å². The van der Waals surface area contributed by atoms with E-state index in [9.17, 15) is 13.2 Å². The molecule has 0 radical (unpaired) electrons. The molecule has 1 atom stereocenters. The maximum atomic E-state index is 12.6. The first kappa shape index (κ1) is 23.4. The van der Waals surface area contributed by atoms with Gasteiger partial charge >= 0.3 is 6.36 Å².